The molecule has 0 amide bonds. The van der Waals surface area contributed by atoms with Crippen LogP contribution < -0.4 is 5.32 Å². The van der Waals surface area contributed by atoms with Crippen LogP contribution in [0.4, 0.5) is 0 Å². The number of halogens is 1. The van der Waals surface area contributed by atoms with Crippen LogP contribution in [0, 0.1) is 11.3 Å². The van der Waals surface area contributed by atoms with E-state index < -0.39 is 0 Å². The van der Waals surface area contributed by atoms with Crippen LogP contribution in [0.5, 0.6) is 0 Å². The van der Waals surface area contributed by atoms with E-state index in [9.17, 15) is 0 Å². The van der Waals surface area contributed by atoms with Gasteiger partial charge in [0.15, 0.2) is 0 Å². The Balaban J connectivity index is 1.50. The van der Waals surface area contributed by atoms with Crippen LogP contribution >= 0.6 is 11.6 Å². The molecule has 2 aliphatic carbocycles. The minimum absolute atomic E-state index is 0.252. The maximum Gasteiger partial charge on any atom is 0.0494 e. The molecule has 1 saturated carbocycles. The molecule has 0 saturated heterocycles. The normalized spacial score (nSPS) is 23.3. The highest BCUT2D eigenvalue weighted by molar-refractivity contribution is 6.30. The van der Waals surface area contributed by atoms with Crippen LogP contribution in [0.3, 0.4) is 0 Å². The zero-order valence-corrected chi connectivity index (χ0v) is 13.9. The van der Waals surface area contributed by atoms with Crippen molar-refractivity contribution in [2.24, 2.45) is 11.3 Å². The van der Waals surface area contributed by atoms with Gasteiger partial charge in [0.25, 0.3) is 0 Å². The molecular weight excluding hydrogens is 282 g/mol. The standard InChI is InChI=1S/C18H26ClNO/c1-18(2)11-14-6-7-15(19)10-16(14)17(18)20-8-3-9-21-12-13-4-5-13/h6-7,10,13,17,20H,3-5,8-9,11-12H2,1-2H3. The molecule has 3 heteroatoms. The zero-order chi connectivity index (χ0) is 14.9. The Labute approximate surface area is 133 Å². The SMILES string of the molecule is CC1(C)Cc2ccc(Cl)cc2C1NCCCOCC1CC1. The first-order chi connectivity index (χ1) is 10.1. The Hall–Kier alpha value is -0.570. The summed E-state index contributed by atoms with van der Waals surface area (Å²) in [6, 6.07) is 6.71. The van der Waals surface area contributed by atoms with Gasteiger partial charge in [-0.2, -0.15) is 0 Å². The van der Waals surface area contributed by atoms with Crippen molar-refractivity contribution in [3.63, 3.8) is 0 Å². The summed E-state index contributed by atoms with van der Waals surface area (Å²) in [4.78, 5) is 0. The highest BCUT2D eigenvalue weighted by atomic mass is 35.5. The van der Waals surface area contributed by atoms with E-state index in [1.165, 1.54) is 24.0 Å². The van der Waals surface area contributed by atoms with E-state index in [0.717, 1.165) is 43.5 Å². The van der Waals surface area contributed by atoms with Gasteiger partial charge in [-0.25, -0.2) is 0 Å². The van der Waals surface area contributed by atoms with Crippen molar-refractivity contribution < 1.29 is 4.74 Å². The molecule has 0 heterocycles. The number of rotatable bonds is 7. The summed E-state index contributed by atoms with van der Waals surface area (Å²) in [6.07, 6.45) is 4.93. The molecular formula is C18H26ClNO. The fourth-order valence-electron chi connectivity index (χ4n) is 3.35. The minimum atomic E-state index is 0.252. The Morgan fingerprint density at radius 3 is 2.90 bits per heavy atom. The monoisotopic (exact) mass is 307 g/mol. The van der Waals surface area contributed by atoms with E-state index in [-0.39, 0.29) is 5.41 Å². The summed E-state index contributed by atoms with van der Waals surface area (Å²) < 4.78 is 5.70. The molecule has 116 valence electrons. The van der Waals surface area contributed by atoms with Gasteiger partial charge in [0.2, 0.25) is 0 Å². The van der Waals surface area contributed by atoms with Gasteiger partial charge >= 0.3 is 0 Å². The van der Waals surface area contributed by atoms with Crippen molar-refractivity contribution in [2.45, 2.75) is 45.6 Å². The van der Waals surface area contributed by atoms with Gasteiger partial charge in [0, 0.05) is 24.3 Å². The van der Waals surface area contributed by atoms with Crippen LogP contribution in [-0.4, -0.2) is 19.8 Å². The van der Waals surface area contributed by atoms with Crippen LogP contribution in [0.2, 0.25) is 5.02 Å². The lowest BCUT2D eigenvalue weighted by atomic mass is 9.85. The summed E-state index contributed by atoms with van der Waals surface area (Å²) in [5.41, 5.74) is 3.07. The fraction of sp³-hybridized carbons (Fsp3) is 0.667. The number of ether oxygens (including phenoxy) is 1. The molecule has 1 unspecified atom stereocenters. The summed E-state index contributed by atoms with van der Waals surface area (Å²) in [5, 5.41) is 4.56. The summed E-state index contributed by atoms with van der Waals surface area (Å²) >= 11 is 6.17. The van der Waals surface area contributed by atoms with Crippen molar-refractivity contribution >= 4 is 11.6 Å². The number of hydrogen-bond acceptors (Lipinski definition) is 2. The molecule has 2 nitrogen and oxygen atoms in total. The van der Waals surface area contributed by atoms with Gasteiger partial charge in [0.05, 0.1) is 0 Å². The van der Waals surface area contributed by atoms with Crippen LogP contribution in [0.1, 0.15) is 50.3 Å². The third-order valence-corrected chi connectivity index (χ3v) is 4.95. The lowest BCUT2D eigenvalue weighted by molar-refractivity contribution is 0.120. The second-order valence-electron chi connectivity index (χ2n) is 7.27. The lowest BCUT2D eigenvalue weighted by Crippen LogP contribution is -2.32. The van der Waals surface area contributed by atoms with Gasteiger partial charge in [-0.15, -0.1) is 0 Å². The fourth-order valence-corrected chi connectivity index (χ4v) is 3.53. The summed E-state index contributed by atoms with van der Waals surface area (Å²) in [5.74, 6) is 0.862. The number of hydrogen-bond donors (Lipinski definition) is 1. The van der Waals surface area contributed by atoms with Crippen molar-refractivity contribution in [1.82, 2.24) is 5.32 Å². The first kappa shape index (κ1) is 15.3. The van der Waals surface area contributed by atoms with Crippen LogP contribution in [-0.2, 0) is 11.2 Å². The third-order valence-electron chi connectivity index (χ3n) is 4.71. The number of nitrogens with one attached hydrogen (secondary N) is 1. The Morgan fingerprint density at radius 1 is 1.33 bits per heavy atom. The second kappa shape index (κ2) is 6.28. The molecule has 0 radical (unpaired) electrons. The topological polar surface area (TPSA) is 21.3 Å². The first-order valence-electron chi connectivity index (χ1n) is 8.16. The Bertz CT molecular complexity index is 496. The molecule has 21 heavy (non-hydrogen) atoms. The number of fused-ring (bicyclic) bond motifs is 1. The van der Waals surface area contributed by atoms with Gasteiger partial charge in [0.1, 0.15) is 0 Å². The van der Waals surface area contributed by atoms with E-state index in [4.69, 9.17) is 16.3 Å². The molecule has 2 aliphatic rings. The van der Waals surface area contributed by atoms with Crippen molar-refractivity contribution in [1.29, 1.82) is 0 Å². The van der Waals surface area contributed by atoms with E-state index in [1.54, 1.807) is 0 Å². The summed E-state index contributed by atoms with van der Waals surface area (Å²) in [7, 11) is 0. The van der Waals surface area contributed by atoms with E-state index in [1.807, 2.05) is 6.07 Å². The molecule has 0 spiro atoms. The highest BCUT2D eigenvalue weighted by Gasteiger charge is 2.38. The minimum Gasteiger partial charge on any atom is -0.381 e. The van der Waals surface area contributed by atoms with Crippen molar-refractivity contribution in [3.05, 3.63) is 34.3 Å². The van der Waals surface area contributed by atoms with Crippen LogP contribution in [0.15, 0.2) is 18.2 Å². The zero-order valence-electron chi connectivity index (χ0n) is 13.1. The van der Waals surface area contributed by atoms with Gasteiger partial charge in [-0.1, -0.05) is 31.5 Å². The molecule has 0 aliphatic heterocycles. The van der Waals surface area contributed by atoms with Gasteiger partial charge in [-0.3, -0.25) is 0 Å². The molecule has 1 aromatic carbocycles. The van der Waals surface area contributed by atoms with E-state index >= 15 is 0 Å². The molecule has 1 fully saturated rings. The highest BCUT2D eigenvalue weighted by Crippen LogP contribution is 2.45. The molecule has 0 bridgehead atoms. The second-order valence-corrected chi connectivity index (χ2v) is 7.70. The largest absolute Gasteiger partial charge is 0.381 e. The third kappa shape index (κ3) is 3.80. The molecule has 0 aromatic heterocycles. The molecule has 3 rings (SSSR count). The van der Waals surface area contributed by atoms with E-state index in [2.05, 4.69) is 31.3 Å². The quantitative estimate of drug-likeness (QED) is 0.755. The average Bonchev–Trinajstić information content (AvgIpc) is 3.20. The van der Waals surface area contributed by atoms with Crippen LogP contribution in [0.25, 0.3) is 0 Å². The van der Waals surface area contributed by atoms with Gasteiger partial charge in [-0.05, 0) is 66.8 Å². The van der Waals surface area contributed by atoms with Gasteiger partial charge < -0.3 is 10.1 Å². The number of benzene rings is 1. The van der Waals surface area contributed by atoms with Crippen molar-refractivity contribution in [3.8, 4) is 0 Å². The Morgan fingerprint density at radius 2 is 2.14 bits per heavy atom. The summed E-state index contributed by atoms with van der Waals surface area (Å²) in [6.45, 7) is 7.52. The molecule has 1 aromatic rings. The predicted molar refractivity (Wildman–Crippen MR) is 87.8 cm³/mol. The first-order valence-corrected chi connectivity index (χ1v) is 8.53. The maximum atomic E-state index is 6.17. The maximum absolute atomic E-state index is 6.17. The van der Waals surface area contributed by atoms with E-state index in [0.29, 0.717) is 6.04 Å². The average molecular weight is 308 g/mol. The predicted octanol–water partition coefficient (Wildman–Crippen LogP) is 4.37. The lowest BCUT2D eigenvalue weighted by Gasteiger charge is -2.28. The molecule has 1 N–H and O–H groups in total. The molecule has 1 atom stereocenters. The smallest absolute Gasteiger partial charge is 0.0494 e. The van der Waals surface area contributed by atoms with Crippen molar-refractivity contribution in [2.75, 3.05) is 19.8 Å². The Kier molecular flexibility index (Phi) is 4.58.